The molecular formula is C22H27FN4O2. The van der Waals surface area contributed by atoms with Gasteiger partial charge in [0, 0.05) is 31.9 Å². The first-order valence-corrected chi connectivity index (χ1v) is 9.84. The molecule has 1 aliphatic heterocycles. The molecule has 0 bridgehead atoms. The Bertz CT molecular complexity index is 805. The van der Waals surface area contributed by atoms with E-state index in [0.29, 0.717) is 12.2 Å². The standard InChI is InChI=1S/C22H27FN4O2/c1-17(18-5-3-2-4-6-18)24-21(28)15-26-11-13-27(14-12-26)16-22(29)25-20-9-7-19(23)8-10-20/h2-10,17H,11-16H2,1H3,(H,24,28)(H,25,29)/t17-/m1/s1. The minimum atomic E-state index is -0.332. The minimum Gasteiger partial charge on any atom is -0.348 e. The van der Waals surface area contributed by atoms with Crippen LogP contribution in [-0.2, 0) is 9.59 Å². The van der Waals surface area contributed by atoms with Gasteiger partial charge in [0.2, 0.25) is 11.8 Å². The van der Waals surface area contributed by atoms with E-state index >= 15 is 0 Å². The van der Waals surface area contributed by atoms with E-state index in [1.165, 1.54) is 12.1 Å². The second-order valence-corrected chi connectivity index (χ2v) is 7.31. The summed E-state index contributed by atoms with van der Waals surface area (Å²) in [4.78, 5) is 28.6. The molecule has 1 saturated heterocycles. The average molecular weight is 398 g/mol. The van der Waals surface area contributed by atoms with E-state index in [-0.39, 0.29) is 30.2 Å². The third kappa shape index (κ3) is 6.66. The highest BCUT2D eigenvalue weighted by Gasteiger charge is 2.21. The fourth-order valence-corrected chi connectivity index (χ4v) is 3.36. The topological polar surface area (TPSA) is 64.7 Å². The van der Waals surface area contributed by atoms with E-state index < -0.39 is 0 Å². The van der Waals surface area contributed by atoms with Gasteiger partial charge in [-0.15, -0.1) is 0 Å². The summed E-state index contributed by atoms with van der Waals surface area (Å²) >= 11 is 0. The van der Waals surface area contributed by atoms with Crippen molar-refractivity contribution in [2.75, 3.05) is 44.6 Å². The number of rotatable bonds is 7. The molecule has 7 heteroatoms. The SMILES string of the molecule is C[C@@H](NC(=O)CN1CCN(CC(=O)Nc2ccc(F)cc2)CC1)c1ccccc1. The van der Waals surface area contributed by atoms with Gasteiger partial charge >= 0.3 is 0 Å². The van der Waals surface area contributed by atoms with Crippen molar-refractivity contribution in [2.45, 2.75) is 13.0 Å². The van der Waals surface area contributed by atoms with Crippen molar-refractivity contribution in [3.8, 4) is 0 Å². The van der Waals surface area contributed by atoms with Gasteiger partial charge in [-0.3, -0.25) is 19.4 Å². The summed E-state index contributed by atoms with van der Waals surface area (Å²) in [6.45, 7) is 5.52. The second-order valence-electron chi connectivity index (χ2n) is 7.31. The Hall–Kier alpha value is -2.77. The van der Waals surface area contributed by atoms with Gasteiger partial charge in [-0.1, -0.05) is 30.3 Å². The predicted molar refractivity (Wildman–Crippen MR) is 111 cm³/mol. The molecule has 154 valence electrons. The number of carbonyl (C=O) groups excluding carboxylic acids is 2. The molecule has 2 N–H and O–H groups in total. The fourth-order valence-electron chi connectivity index (χ4n) is 3.36. The van der Waals surface area contributed by atoms with Crippen molar-refractivity contribution >= 4 is 17.5 Å². The van der Waals surface area contributed by atoms with Crippen molar-refractivity contribution in [1.29, 1.82) is 0 Å². The van der Waals surface area contributed by atoms with Crippen molar-refractivity contribution < 1.29 is 14.0 Å². The number of hydrogen-bond donors (Lipinski definition) is 2. The lowest BCUT2D eigenvalue weighted by atomic mass is 10.1. The number of benzene rings is 2. The van der Waals surface area contributed by atoms with Crippen LogP contribution in [0.4, 0.5) is 10.1 Å². The van der Waals surface area contributed by atoms with Crippen LogP contribution in [0.3, 0.4) is 0 Å². The van der Waals surface area contributed by atoms with Crippen LogP contribution in [-0.4, -0.2) is 60.9 Å². The number of amides is 2. The molecule has 3 rings (SSSR count). The molecule has 0 unspecified atom stereocenters. The summed E-state index contributed by atoms with van der Waals surface area (Å²) in [6.07, 6.45) is 0. The van der Waals surface area contributed by atoms with E-state index in [0.717, 1.165) is 31.7 Å². The van der Waals surface area contributed by atoms with Crippen LogP contribution in [0, 0.1) is 5.82 Å². The highest BCUT2D eigenvalue weighted by Crippen LogP contribution is 2.11. The van der Waals surface area contributed by atoms with E-state index in [1.54, 1.807) is 12.1 Å². The monoisotopic (exact) mass is 398 g/mol. The summed E-state index contributed by atoms with van der Waals surface area (Å²) in [5.74, 6) is -0.454. The zero-order valence-electron chi connectivity index (χ0n) is 16.6. The van der Waals surface area contributed by atoms with E-state index in [9.17, 15) is 14.0 Å². The average Bonchev–Trinajstić information content (AvgIpc) is 2.72. The number of hydrogen-bond acceptors (Lipinski definition) is 4. The lowest BCUT2D eigenvalue weighted by molar-refractivity contribution is -0.124. The first-order valence-electron chi connectivity index (χ1n) is 9.84. The zero-order valence-corrected chi connectivity index (χ0v) is 16.6. The Morgan fingerprint density at radius 2 is 1.45 bits per heavy atom. The molecule has 0 radical (unpaired) electrons. The maximum Gasteiger partial charge on any atom is 0.238 e. The molecule has 0 aliphatic carbocycles. The Balaban J connectivity index is 1.37. The third-order valence-electron chi connectivity index (χ3n) is 5.00. The fraction of sp³-hybridized carbons (Fsp3) is 0.364. The normalized spacial score (nSPS) is 16.2. The molecule has 2 amide bonds. The molecule has 29 heavy (non-hydrogen) atoms. The lowest BCUT2D eigenvalue weighted by Crippen LogP contribution is -2.51. The van der Waals surface area contributed by atoms with Crippen LogP contribution in [0.15, 0.2) is 54.6 Å². The Kier molecular flexibility index (Phi) is 7.32. The van der Waals surface area contributed by atoms with Gasteiger partial charge in [0.25, 0.3) is 0 Å². The largest absolute Gasteiger partial charge is 0.348 e. The number of nitrogens with one attached hydrogen (secondary N) is 2. The number of anilines is 1. The number of carbonyl (C=O) groups is 2. The van der Waals surface area contributed by atoms with Gasteiger partial charge < -0.3 is 10.6 Å². The van der Waals surface area contributed by atoms with Gasteiger partial charge in [-0.05, 0) is 36.8 Å². The van der Waals surface area contributed by atoms with Crippen LogP contribution in [0.25, 0.3) is 0 Å². The first kappa shape index (κ1) is 21.0. The molecule has 2 aromatic rings. The zero-order chi connectivity index (χ0) is 20.6. The van der Waals surface area contributed by atoms with Crippen molar-refractivity contribution in [1.82, 2.24) is 15.1 Å². The van der Waals surface area contributed by atoms with Gasteiger partial charge in [0.05, 0.1) is 19.1 Å². The van der Waals surface area contributed by atoms with Crippen molar-refractivity contribution in [2.24, 2.45) is 0 Å². The molecule has 0 aromatic heterocycles. The summed E-state index contributed by atoms with van der Waals surface area (Å²) in [7, 11) is 0. The van der Waals surface area contributed by atoms with Crippen molar-refractivity contribution in [3.05, 3.63) is 66.0 Å². The van der Waals surface area contributed by atoms with Crippen LogP contribution in [0.2, 0.25) is 0 Å². The smallest absolute Gasteiger partial charge is 0.238 e. The quantitative estimate of drug-likeness (QED) is 0.751. The summed E-state index contributed by atoms with van der Waals surface area (Å²) < 4.78 is 12.9. The second kappa shape index (κ2) is 10.1. The van der Waals surface area contributed by atoms with Gasteiger partial charge in [-0.2, -0.15) is 0 Å². The van der Waals surface area contributed by atoms with Crippen LogP contribution in [0.1, 0.15) is 18.5 Å². The van der Waals surface area contributed by atoms with Crippen molar-refractivity contribution in [3.63, 3.8) is 0 Å². The molecule has 1 aliphatic rings. The van der Waals surface area contributed by atoms with Crippen LogP contribution < -0.4 is 10.6 Å². The molecule has 0 saturated carbocycles. The molecule has 2 aromatic carbocycles. The molecule has 0 spiro atoms. The summed E-state index contributed by atoms with van der Waals surface area (Å²) in [5, 5.41) is 5.81. The van der Waals surface area contributed by atoms with E-state index in [4.69, 9.17) is 0 Å². The van der Waals surface area contributed by atoms with Crippen LogP contribution in [0.5, 0.6) is 0 Å². The van der Waals surface area contributed by atoms with Gasteiger partial charge in [-0.25, -0.2) is 4.39 Å². The Morgan fingerprint density at radius 1 is 0.897 bits per heavy atom. The van der Waals surface area contributed by atoms with Gasteiger partial charge in [0.15, 0.2) is 0 Å². The summed E-state index contributed by atoms with van der Waals surface area (Å²) in [6, 6.07) is 15.6. The number of nitrogens with zero attached hydrogens (tertiary/aromatic N) is 2. The highest BCUT2D eigenvalue weighted by atomic mass is 19.1. The molecule has 1 fully saturated rings. The minimum absolute atomic E-state index is 0.00357. The molecule has 1 atom stereocenters. The van der Waals surface area contributed by atoms with Gasteiger partial charge in [0.1, 0.15) is 5.82 Å². The van der Waals surface area contributed by atoms with E-state index in [1.807, 2.05) is 37.3 Å². The maximum atomic E-state index is 12.9. The number of halogens is 1. The molecular weight excluding hydrogens is 371 g/mol. The molecule has 1 heterocycles. The Labute approximate surface area is 170 Å². The van der Waals surface area contributed by atoms with E-state index in [2.05, 4.69) is 20.4 Å². The highest BCUT2D eigenvalue weighted by molar-refractivity contribution is 5.92. The lowest BCUT2D eigenvalue weighted by Gasteiger charge is -2.34. The first-order chi connectivity index (χ1) is 14.0. The third-order valence-corrected chi connectivity index (χ3v) is 5.00. The summed E-state index contributed by atoms with van der Waals surface area (Å²) in [5.41, 5.74) is 1.66. The number of piperazine rings is 1. The molecule has 6 nitrogen and oxygen atoms in total. The maximum absolute atomic E-state index is 12.9. The Morgan fingerprint density at radius 3 is 2.03 bits per heavy atom. The predicted octanol–water partition coefficient (Wildman–Crippen LogP) is 2.26. The van der Waals surface area contributed by atoms with Crippen LogP contribution >= 0.6 is 0 Å².